The molecule has 6 nitrogen and oxygen atoms in total. The lowest BCUT2D eigenvalue weighted by Crippen LogP contribution is -2.66. The van der Waals surface area contributed by atoms with Crippen molar-refractivity contribution in [3.05, 3.63) is 0 Å². The first-order chi connectivity index (χ1) is 10.8. The van der Waals surface area contributed by atoms with Crippen LogP contribution in [0.25, 0.3) is 0 Å². The summed E-state index contributed by atoms with van der Waals surface area (Å²) < 4.78 is 0. The summed E-state index contributed by atoms with van der Waals surface area (Å²) in [6.45, 7) is 14.0. The zero-order valence-corrected chi connectivity index (χ0v) is 18.2. The van der Waals surface area contributed by atoms with E-state index in [1.807, 2.05) is 4.90 Å². The zero-order chi connectivity index (χ0) is 17.0. The number of amides is 1. The number of rotatable bonds is 4. The Balaban J connectivity index is 0.00000288. The van der Waals surface area contributed by atoms with E-state index in [0.29, 0.717) is 6.54 Å². The third-order valence-corrected chi connectivity index (χ3v) is 4.76. The second-order valence-corrected chi connectivity index (χ2v) is 7.55. The number of carbonyl (C=O) groups excluding carboxylic acids is 1. The zero-order valence-electron chi connectivity index (χ0n) is 15.8. The molecule has 2 heterocycles. The first-order valence-corrected chi connectivity index (χ1v) is 8.85. The summed E-state index contributed by atoms with van der Waals surface area (Å²) in [4.78, 5) is 23.5. The lowest BCUT2D eigenvalue weighted by atomic mass is 9.96. The Kier molecular flexibility index (Phi) is 8.25. The van der Waals surface area contributed by atoms with Crippen molar-refractivity contribution in [1.29, 1.82) is 0 Å². The van der Waals surface area contributed by atoms with Gasteiger partial charge in [0.2, 0.25) is 5.91 Å². The fourth-order valence-electron chi connectivity index (χ4n) is 3.98. The maximum absolute atomic E-state index is 12.6. The summed E-state index contributed by atoms with van der Waals surface area (Å²) in [7, 11) is 1.80. The van der Waals surface area contributed by atoms with Crippen LogP contribution < -0.4 is 5.32 Å². The third-order valence-electron chi connectivity index (χ3n) is 4.76. The van der Waals surface area contributed by atoms with Crippen molar-refractivity contribution in [2.75, 3.05) is 46.3 Å². The van der Waals surface area contributed by atoms with Gasteiger partial charge in [-0.2, -0.15) is 0 Å². The van der Waals surface area contributed by atoms with Crippen LogP contribution >= 0.6 is 24.0 Å². The molecule has 1 N–H and O–H groups in total. The van der Waals surface area contributed by atoms with Crippen LogP contribution in [0.15, 0.2) is 4.99 Å². The molecule has 0 aliphatic carbocycles. The lowest BCUT2D eigenvalue weighted by Gasteiger charge is -2.49. The monoisotopic (exact) mass is 451 g/mol. The highest BCUT2D eigenvalue weighted by Gasteiger charge is 2.40. The van der Waals surface area contributed by atoms with E-state index in [9.17, 15) is 4.79 Å². The average Bonchev–Trinajstić information content (AvgIpc) is 2.94. The van der Waals surface area contributed by atoms with Gasteiger partial charge in [-0.15, -0.1) is 24.0 Å². The average molecular weight is 451 g/mol. The van der Waals surface area contributed by atoms with Crippen molar-refractivity contribution < 1.29 is 4.79 Å². The van der Waals surface area contributed by atoms with Crippen LogP contribution in [0.3, 0.4) is 0 Å². The van der Waals surface area contributed by atoms with Gasteiger partial charge in [0.15, 0.2) is 5.96 Å². The minimum atomic E-state index is -0.184. The van der Waals surface area contributed by atoms with Gasteiger partial charge in [0.25, 0.3) is 0 Å². The smallest absolute Gasteiger partial charge is 0.242 e. The van der Waals surface area contributed by atoms with Crippen molar-refractivity contribution in [2.45, 2.75) is 52.1 Å². The predicted molar refractivity (Wildman–Crippen MR) is 110 cm³/mol. The van der Waals surface area contributed by atoms with E-state index < -0.39 is 0 Å². The van der Waals surface area contributed by atoms with E-state index >= 15 is 0 Å². The number of hydrogen-bond donors (Lipinski definition) is 1. The molecular formula is C17H34IN5O. The second-order valence-electron chi connectivity index (χ2n) is 7.55. The van der Waals surface area contributed by atoms with E-state index in [1.54, 1.807) is 7.05 Å². The molecule has 2 fully saturated rings. The minimum absolute atomic E-state index is 0. The molecular weight excluding hydrogens is 417 g/mol. The van der Waals surface area contributed by atoms with Crippen LogP contribution in [0.4, 0.5) is 0 Å². The fraction of sp³-hybridized carbons (Fsp3) is 0.882. The van der Waals surface area contributed by atoms with Gasteiger partial charge in [0.05, 0.1) is 12.1 Å². The molecule has 0 unspecified atom stereocenters. The molecule has 0 aromatic rings. The molecule has 7 heteroatoms. The largest absolute Gasteiger partial charge is 0.355 e. The molecule has 0 saturated carbocycles. The van der Waals surface area contributed by atoms with Crippen LogP contribution in [-0.4, -0.2) is 84.5 Å². The van der Waals surface area contributed by atoms with Gasteiger partial charge in [-0.3, -0.25) is 9.79 Å². The van der Waals surface area contributed by atoms with Crippen LogP contribution in [0, 0.1) is 0 Å². The normalized spacial score (nSPS) is 22.1. The molecule has 0 aromatic carbocycles. The summed E-state index contributed by atoms with van der Waals surface area (Å²) in [5.74, 6) is 1.02. The topological polar surface area (TPSA) is 51.2 Å². The van der Waals surface area contributed by atoms with Gasteiger partial charge in [-0.25, -0.2) is 0 Å². The van der Waals surface area contributed by atoms with Crippen molar-refractivity contribution in [2.24, 2.45) is 4.99 Å². The van der Waals surface area contributed by atoms with Gasteiger partial charge >= 0.3 is 0 Å². The Morgan fingerprint density at radius 3 is 2.42 bits per heavy atom. The summed E-state index contributed by atoms with van der Waals surface area (Å²) in [5, 5.41) is 3.43. The lowest BCUT2D eigenvalue weighted by molar-refractivity contribution is -0.145. The molecule has 2 saturated heterocycles. The van der Waals surface area contributed by atoms with E-state index in [1.165, 1.54) is 25.9 Å². The molecule has 140 valence electrons. The Morgan fingerprint density at radius 1 is 1.29 bits per heavy atom. The van der Waals surface area contributed by atoms with Crippen LogP contribution in [0.2, 0.25) is 0 Å². The van der Waals surface area contributed by atoms with Crippen molar-refractivity contribution in [1.82, 2.24) is 20.0 Å². The molecule has 0 aromatic heterocycles. The first kappa shape index (κ1) is 21.5. The van der Waals surface area contributed by atoms with E-state index in [-0.39, 0.29) is 41.5 Å². The Morgan fingerprint density at radius 2 is 1.92 bits per heavy atom. The SMILES string of the molecule is CN=C(NCCN1CCCC1)N1CC(=O)N(C(C)C)C(C)(C)C1.I. The third kappa shape index (κ3) is 5.21. The van der Waals surface area contributed by atoms with E-state index in [0.717, 1.165) is 25.6 Å². The summed E-state index contributed by atoms with van der Waals surface area (Å²) in [5.41, 5.74) is -0.184. The van der Waals surface area contributed by atoms with Gasteiger partial charge in [0, 0.05) is 32.7 Å². The maximum atomic E-state index is 12.6. The number of aliphatic imine (C=N–C) groups is 1. The van der Waals surface area contributed by atoms with Crippen LogP contribution in [-0.2, 0) is 4.79 Å². The number of nitrogens with one attached hydrogen (secondary N) is 1. The van der Waals surface area contributed by atoms with Gasteiger partial charge in [0.1, 0.15) is 0 Å². The second kappa shape index (κ2) is 9.22. The summed E-state index contributed by atoms with van der Waals surface area (Å²) in [6.07, 6.45) is 2.63. The van der Waals surface area contributed by atoms with E-state index in [2.05, 4.69) is 47.8 Å². The van der Waals surface area contributed by atoms with Crippen molar-refractivity contribution in [3.63, 3.8) is 0 Å². The summed E-state index contributed by atoms with van der Waals surface area (Å²) in [6, 6.07) is 0.227. The van der Waals surface area contributed by atoms with E-state index in [4.69, 9.17) is 0 Å². The number of carbonyl (C=O) groups is 1. The predicted octanol–water partition coefficient (Wildman–Crippen LogP) is 1.61. The maximum Gasteiger partial charge on any atom is 0.242 e. The van der Waals surface area contributed by atoms with Gasteiger partial charge in [-0.05, 0) is 53.6 Å². The van der Waals surface area contributed by atoms with Crippen LogP contribution in [0.5, 0.6) is 0 Å². The molecule has 1 amide bonds. The number of guanidine groups is 1. The summed E-state index contributed by atoms with van der Waals surface area (Å²) >= 11 is 0. The number of piperazine rings is 1. The molecule has 0 radical (unpaired) electrons. The minimum Gasteiger partial charge on any atom is -0.355 e. The van der Waals surface area contributed by atoms with Gasteiger partial charge in [-0.1, -0.05) is 0 Å². The number of hydrogen-bond acceptors (Lipinski definition) is 3. The number of halogens is 1. The molecule has 2 aliphatic rings. The molecule has 0 spiro atoms. The molecule has 2 aliphatic heterocycles. The number of likely N-dealkylation sites (tertiary alicyclic amines) is 1. The Bertz CT molecular complexity index is 446. The molecule has 24 heavy (non-hydrogen) atoms. The van der Waals surface area contributed by atoms with Crippen LogP contribution in [0.1, 0.15) is 40.5 Å². The fourth-order valence-corrected chi connectivity index (χ4v) is 3.98. The number of nitrogens with zero attached hydrogens (tertiary/aromatic N) is 4. The molecule has 0 atom stereocenters. The first-order valence-electron chi connectivity index (χ1n) is 8.85. The quantitative estimate of drug-likeness (QED) is 0.401. The highest BCUT2D eigenvalue weighted by Crippen LogP contribution is 2.24. The Hall–Kier alpha value is -0.570. The van der Waals surface area contributed by atoms with Crippen molar-refractivity contribution in [3.8, 4) is 0 Å². The Labute approximate surface area is 164 Å². The highest BCUT2D eigenvalue weighted by atomic mass is 127. The van der Waals surface area contributed by atoms with Crippen molar-refractivity contribution >= 4 is 35.8 Å². The highest BCUT2D eigenvalue weighted by molar-refractivity contribution is 14.0. The molecule has 2 rings (SSSR count). The standard InChI is InChI=1S/C17H33N5O.HI/c1-14(2)22-15(23)12-21(13-17(22,3)4)16(18-5)19-8-11-20-9-6-7-10-20;/h14H,6-13H2,1-5H3,(H,18,19);1H. The van der Waals surface area contributed by atoms with Gasteiger partial charge < -0.3 is 20.0 Å². The molecule has 0 bridgehead atoms.